The van der Waals surface area contributed by atoms with Crippen molar-refractivity contribution in [2.75, 3.05) is 0 Å². The predicted octanol–water partition coefficient (Wildman–Crippen LogP) is 3.78. The lowest BCUT2D eigenvalue weighted by Crippen LogP contribution is -2.23. The van der Waals surface area contributed by atoms with Gasteiger partial charge in [0.05, 0.1) is 22.2 Å². The van der Waals surface area contributed by atoms with Crippen molar-refractivity contribution in [3.63, 3.8) is 0 Å². The van der Waals surface area contributed by atoms with Crippen molar-refractivity contribution in [1.82, 2.24) is 9.55 Å². The van der Waals surface area contributed by atoms with E-state index in [9.17, 15) is 31.5 Å². The molecule has 29 heavy (non-hydrogen) atoms. The lowest BCUT2D eigenvalue weighted by Gasteiger charge is -2.11. The monoisotopic (exact) mass is 412 g/mol. The quantitative estimate of drug-likeness (QED) is 0.283. The van der Waals surface area contributed by atoms with Gasteiger partial charge in [0.2, 0.25) is 5.82 Å². The minimum absolute atomic E-state index is 0.0745. The van der Waals surface area contributed by atoms with Crippen molar-refractivity contribution in [3.8, 4) is 0 Å². The Bertz CT molecular complexity index is 1180. The molecule has 5 nitrogen and oxygen atoms in total. The van der Waals surface area contributed by atoms with E-state index < -0.39 is 47.2 Å². The van der Waals surface area contributed by atoms with E-state index in [1.54, 1.807) is 6.92 Å². The van der Waals surface area contributed by atoms with Crippen LogP contribution in [-0.4, -0.2) is 15.5 Å². The van der Waals surface area contributed by atoms with E-state index in [1.165, 1.54) is 29.7 Å². The number of halogens is 5. The number of esters is 1. The molecule has 3 aromatic rings. The van der Waals surface area contributed by atoms with E-state index in [2.05, 4.69) is 4.98 Å². The molecule has 1 aromatic heterocycles. The van der Waals surface area contributed by atoms with E-state index in [1.807, 2.05) is 0 Å². The van der Waals surface area contributed by atoms with E-state index >= 15 is 0 Å². The summed E-state index contributed by atoms with van der Waals surface area (Å²) >= 11 is 0. The van der Waals surface area contributed by atoms with Crippen LogP contribution in [0.1, 0.15) is 28.5 Å². The van der Waals surface area contributed by atoms with Crippen LogP contribution in [0.4, 0.5) is 22.0 Å². The first-order valence-electron chi connectivity index (χ1n) is 8.36. The average Bonchev–Trinajstić information content (AvgIpc) is 2.71. The van der Waals surface area contributed by atoms with Gasteiger partial charge in [0.25, 0.3) is 5.56 Å². The maximum Gasteiger partial charge on any atom is 0.338 e. The molecule has 0 atom stereocenters. The maximum absolute atomic E-state index is 13.7. The number of fused-ring (bicyclic) bond motifs is 1. The van der Waals surface area contributed by atoms with Crippen molar-refractivity contribution >= 4 is 17.0 Å². The molecule has 2 aromatic carbocycles. The minimum Gasteiger partial charge on any atom is -0.457 e. The number of rotatable bonds is 4. The van der Waals surface area contributed by atoms with Crippen LogP contribution in [-0.2, 0) is 17.9 Å². The second-order valence-corrected chi connectivity index (χ2v) is 6.07. The molecule has 152 valence electrons. The van der Waals surface area contributed by atoms with Gasteiger partial charge < -0.3 is 9.30 Å². The summed E-state index contributed by atoms with van der Waals surface area (Å²) in [6, 6.07) is 4.04. The lowest BCUT2D eigenvalue weighted by molar-refractivity contribution is 0.0462. The first kappa shape index (κ1) is 20.4. The van der Waals surface area contributed by atoms with Gasteiger partial charge in [-0.3, -0.25) is 4.79 Å². The standard InChI is InChI=1S/C19H13F5N2O3/c1-3-26-12-5-4-9(6-11(12)25-8(2)18(26)27)19(28)29-7-10-13(20)15(22)17(24)16(23)14(10)21/h4-6H,3,7H2,1-2H3. The van der Waals surface area contributed by atoms with Crippen LogP contribution >= 0.6 is 0 Å². The van der Waals surface area contributed by atoms with Crippen molar-refractivity contribution in [3.05, 3.63) is 74.5 Å². The molecule has 0 aliphatic heterocycles. The summed E-state index contributed by atoms with van der Waals surface area (Å²) < 4.78 is 73.0. The number of benzene rings is 2. The van der Waals surface area contributed by atoms with Crippen molar-refractivity contribution in [2.24, 2.45) is 0 Å². The Morgan fingerprint density at radius 3 is 2.21 bits per heavy atom. The molecule has 0 N–H and O–H groups in total. The zero-order valence-electron chi connectivity index (χ0n) is 15.2. The molecule has 0 saturated carbocycles. The Hall–Kier alpha value is -3.30. The summed E-state index contributed by atoms with van der Waals surface area (Å²) in [5.41, 5.74) is -0.666. The predicted molar refractivity (Wildman–Crippen MR) is 91.8 cm³/mol. The summed E-state index contributed by atoms with van der Waals surface area (Å²) in [7, 11) is 0. The Balaban J connectivity index is 1.92. The van der Waals surface area contributed by atoms with Crippen LogP contribution in [0.15, 0.2) is 23.0 Å². The number of ether oxygens (including phenoxy) is 1. The van der Waals surface area contributed by atoms with Crippen LogP contribution in [0.2, 0.25) is 0 Å². The first-order valence-corrected chi connectivity index (χ1v) is 8.36. The van der Waals surface area contributed by atoms with E-state index in [0.29, 0.717) is 17.6 Å². The summed E-state index contributed by atoms with van der Waals surface area (Å²) in [6.45, 7) is 2.46. The zero-order valence-corrected chi connectivity index (χ0v) is 15.2. The molecule has 0 bridgehead atoms. The highest BCUT2D eigenvalue weighted by molar-refractivity contribution is 5.93. The zero-order chi connectivity index (χ0) is 21.5. The molecule has 0 spiro atoms. The number of aryl methyl sites for hydroxylation is 2. The summed E-state index contributed by atoms with van der Waals surface area (Å²) in [5, 5.41) is 0. The lowest BCUT2D eigenvalue weighted by atomic mass is 10.1. The Morgan fingerprint density at radius 1 is 1.03 bits per heavy atom. The number of hydrogen-bond donors (Lipinski definition) is 0. The fraction of sp³-hybridized carbons (Fsp3) is 0.211. The third-order valence-electron chi connectivity index (χ3n) is 4.31. The van der Waals surface area contributed by atoms with E-state index in [-0.39, 0.29) is 16.8 Å². The second kappa shape index (κ2) is 7.61. The fourth-order valence-corrected chi connectivity index (χ4v) is 2.81. The molecule has 0 aliphatic rings. The van der Waals surface area contributed by atoms with Gasteiger partial charge in [-0.25, -0.2) is 31.7 Å². The average molecular weight is 412 g/mol. The normalized spacial score (nSPS) is 11.1. The molecule has 0 fully saturated rings. The van der Waals surface area contributed by atoms with Gasteiger partial charge >= 0.3 is 5.97 Å². The SMILES string of the molecule is CCn1c(=O)c(C)nc2cc(C(=O)OCc3c(F)c(F)c(F)c(F)c3F)ccc21. The van der Waals surface area contributed by atoms with Crippen LogP contribution in [0.5, 0.6) is 0 Å². The van der Waals surface area contributed by atoms with Crippen LogP contribution < -0.4 is 5.56 Å². The van der Waals surface area contributed by atoms with E-state index in [4.69, 9.17) is 4.74 Å². The molecule has 1 heterocycles. The van der Waals surface area contributed by atoms with E-state index in [0.717, 1.165) is 0 Å². The highest BCUT2D eigenvalue weighted by Crippen LogP contribution is 2.24. The summed E-state index contributed by atoms with van der Waals surface area (Å²) in [5.74, 6) is -11.8. The topological polar surface area (TPSA) is 61.2 Å². The van der Waals surface area contributed by atoms with Crippen LogP contribution in [0, 0.1) is 36.0 Å². The molecular weight excluding hydrogens is 399 g/mol. The van der Waals surface area contributed by atoms with Crippen LogP contribution in [0.25, 0.3) is 11.0 Å². The largest absolute Gasteiger partial charge is 0.457 e. The highest BCUT2D eigenvalue weighted by atomic mass is 19.2. The van der Waals surface area contributed by atoms with Crippen molar-refractivity contribution < 1.29 is 31.5 Å². The number of aromatic nitrogens is 2. The van der Waals surface area contributed by atoms with Crippen molar-refractivity contribution in [1.29, 1.82) is 0 Å². The third-order valence-corrected chi connectivity index (χ3v) is 4.31. The van der Waals surface area contributed by atoms with Gasteiger partial charge in [-0.2, -0.15) is 0 Å². The molecule has 0 saturated heterocycles. The Kier molecular flexibility index (Phi) is 5.36. The van der Waals surface area contributed by atoms with Crippen LogP contribution in [0.3, 0.4) is 0 Å². The van der Waals surface area contributed by atoms with Gasteiger partial charge in [-0.15, -0.1) is 0 Å². The van der Waals surface area contributed by atoms with Gasteiger partial charge in [-0.05, 0) is 32.0 Å². The van der Waals surface area contributed by atoms with Gasteiger partial charge in [0.1, 0.15) is 12.3 Å². The molecule has 0 amide bonds. The summed E-state index contributed by atoms with van der Waals surface area (Å²) in [4.78, 5) is 28.4. The molecule has 0 radical (unpaired) electrons. The number of carbonyl (C=O) groups is 1. The summed E-state index contributed by atoms with van der Waals surface area (Å²) in [6.07, 6.45) is 0. The molecule has 3 rings (SSSR count). The second-order valence-electron chi connectivity index (χ2n) is 6.07. The maximum atomic E-state index is 13.7. The number of nitrogens with zero attached hydrogens (tertiary/aromatic N) is 2. The third kappa shape index (κ3) is 3.45. The van der Waals surface area contributed by atoms with Gasteiger partial charge in [0, 0.05) is 6.54 Å². The molecule has 10 heteroatoms. The van der Waals surface area contributed by atoms with Gasteiger partial charge in [0.15, 0.2) is 23.3 Å². The molecular formula is C19H13F5N2O3. The van der Waals surface area contributed by atoms with Crippen molar-refractivity contribution in [2.45, 2.75) is 27.0 Å². The fourth-order valence-electron chi connectivity index (χ4n) is 2.81. The highest BCUT2D eigenvalue weighted by Gasteiger charge is 2.26. The molecule has 0 unspecified atom stereocenters. The smallest absolute Gasteiger partial charge is 0.338 e. The Labute approximate surface area is 160 Å². The number of hydrogen-bond acceptors (Lipinski definition) is 4. The first-order chi connectivity index (χ1) is 13.7. The minimum atomic E-state index is -2.30. The number of carbonyl (C=O) groups excluding carboxylic acids is 1. The molecule has 0 aliphatic carbocycles. The van der Waals surface area contributed by atoms with Gasteiger partial charge in [-0.1, -0.05) is 0 Å². The Morgan fingerprint density at radius 2 is 1.62 bits per heavy atom.